The van der Waals surface area contributed by atoms with Crippen molar-refractivity contribution < 1.29 is 10.2 Å². The van der Waals surface area contributed by atoms with Gasteiger partial charge in [0.25, 0.3) is 0 Å². The van der Waals surface area contributed by atoms with Crippen LogP contribution in [-0.2, 0) is 0 Å². The standard InChI is InChI=1S/C11H9ClN4O2/c12-10-4-11(14-6-13-10)16-15-5-7-1-2-8(17)3-9(7)18/h1-6,17-18H,(H,13,14,16). The molecule has 0 saturated carbocycles. The number of aromatic nitrogens is 2. The number of nitrogens with one attached hydrogen (secondary N) is 1. The topological polar surface area (TPSA) is 90.6 Å². The van der Waals surface area contributed by atoms with Gasteiger partial charge in [-0.1, -0.05) is 11.6 Å². The average Bonchev–Trinajstić information content (AvgIpc) is 2.32. The van der Waals surface area contributed by atoms with Gasteiger partial charge in [-0.3, -0.25) is 5.43 Å². The fourth-order valence-electron chi connectivity index (χ4n) is 1.20. The number of phenols is 2. The van der Waals surface area contributed by atoms with Gasteiger partial charge in [0.15, 0.2) is 5.82 Å². The molecule has 0 unspecified atom stereocenters. The van der Waals surface area contributed by atoms with E-state index in [-0.39, 0.29) is 11.5 Å². The monoisotopic (exact) mass is 264 g/mol. The van der Waals surface area contributed by atoms with Crippen LogP contribution in [0.2, 0.25) is 5.15 Å². The van der Waals surface area contributed by atoms with Crippen molar-refractivity contribution in [3.05, 3.63) is 41.3 Å². The fourth-order valence-corrected chi connectivity index (χ4v) is 1.35. The molecule has 0 radical (unpaired) electrons. The molecule has 92 valence electrons. The van der Waals surface area contributed by atoms with E-state index in [2.05, 4.69) is 20.5 Å². The molecule has 1 heterocycles. The van der Waals surface area contributed by atoms with Gasteiger partial charge in [0.2, 0.25) is 0 Å². The van der Waals surface area contributed by atoms with Crippen LogP contribution in [0, 0.1) is 0 Å². The Morgan fingerprint density at radius 1 is 1.22 bits per heavy atom. The Labute approximate surface area is 108 Å². The number of hydrogen-bond donors (Lipinski definition) is 3. The number of aromatic hydroxyl groups is 2. The zero-order valence-electron chi connectivity index (χ0n) is 9.08. The molecule has 2 aromatic rings. The minimum Gasteiger partial charge on any atom is -0.508 e. The van der Waals surface area contributed by atoms with Gasteiger partial charge in [0.05, 0.1) is 6.21 Å². The molecule has 2 rings (SSSR count). The van der Waals surface area contributed by atoms with Crippen LogP contribution in [0.5, 0.6) is 11.5 Å². The van der Waals surface area contributed by atoms with E-state index in [9.17, 15) is 5.11 Å². The van der Waals surface area contributed by atoms with Crippen molar-refractivity contribution in [3.63, 3.8) is 0 Å². The number of anilines is 1. The van der Waals surface area contributed by atoms with Crippen molar-refractivity contribution in [3.8, 4) is 11.5 Å². The molecule has 0 amide bonds. The zero-order valence-corrected chi connectivity index (χ0v) is 9.83. The summed E-state index contributed by atoms with van der Waals surface area (Å²) in [4.78, 5) is 7.61. The summed E-state index contributed by atoms with van der Waals surface area (Å²) in [5, 5.41) is 22.8. The predicted octanol–water partition coefficient (Wildman–Crippen LogP) is 1.99. The van der Waals surface area contributed by atoms with Crippen LogP contribution < -0.4 is 5.43 Å². The van der Waals surface area contributed by atoms with Gasteiger partial charge in [-0.25, -0.2) is 9.97 Å². The van der Waals surface area contributed by atoms with E-state index in [0.717, 1.165) is 0 Å². The first-order chi connectivity index (χ1) is 8.65. The Balaban J connectivity index is 2.07. The molecule has 0 spiro atoms. The van der Waals surface area contributed by atoms with Crippen LogP contribution in [0.1, 0.15) is 5.56 Å². The lowest BCUT2D eigenvalue weighted by molar-refractivity contribution is 0.450. The lowest BCUT2D eigenvalue weighted by Gasteiger charge is -2.00. The largest absolute Gasteiger partial charge is 0.508 e. The Hall–Kier alpha value is -2.34. The summed E-state index contributed by atoms with van der Waals surface area (Å²) in [6.07, 6.45) is 2.70. The molecule has 1 aromatic heterocycles. The third kappa shape index (κ3) is 3.08. The third-order valence-corrected chi connectivity index (χ3v) is 2.24. The maximum Gasteiger partial charge on any atom is 0.151 e. The number of phenolic OH excluding ortho intramolecular Hbond substituents is 2. The first-order valence-corrected chi connectivity index (χ1v) is 5.31. The van der Waals surface area contributed by atoms with Crippen LogP contribution in [0.3, 0.4) is 0 Å². The van der Waals surface area contributed by atoms with E-state index in [1.54, 1.807) is 0 Å². The summed E-state index contributed by atoms with van der Waals surface area (Å²) in [6, 6.07) is 5.71. The number of nitrogens with zero attached hydrogens (tertiary/aromatic N) is 3. The highest BCUT2D eigenvalue weighted by Gasteiger charge is 1.99. The van der Waals surface area contributed by atoms with Gasteiger partial charge in [0, 0.05) is 17.7 Å². The highest BCUT2D eigenvalue weighted by molar-refractivity contribution is 6.29. The quantitative estimate of drug-likeness (QED) is 0.448. The lowest BCUT2D eigenvalue weighted by atomic mass is 10.2. The van der Waals surface area contributed by atoms with Crippen molar-refractivity contribution in [2.75, 3.05) is 5.43 Å². The summed E-state index contributed by atoms with van der Waals surface area (Å²) < 4.78 is 0. The van der Waals surface area contributed by atoms with Gasteiger partial charge in [0.1, 0.15) is 23.0 Å². The third-order valence-electron chi connectivity index (χ3n) is 2.03. The molecular formula is C11H9ClN4O2. The van der Waals surface area contributed by atoms with Gasteiger partial charge in [-0.2, -0.15) is 5.10 Å². The Bertz CT molecular complexity index is 589. The average molecular weight is 265 g/mol. The first-order valence-electron chi connectivity index (χ1n) is 4.94. The van der Waals surface area contributed by atoms with Crippen LogP contribution in [0.4, 0.5) is 5.82 Å². The van der Waals surface area contributed by atoms with Gasteiger partial charge >= 0.3 is 0 Å². The molecule has 6 nitrogen and oxygen atoms in total. The van der Waals surface area contributed by atoms with Crippen molar-refractivity contribution in [2.24, 2.45) is 5.10 Å². The van der Waals surface area contributed by atoms with E-state index in [1.807, 2.05) is 0 Å². The molecule has 0 atom stereocenters. The fraction of sp³-hybridized carbons (Fsp3) is 0. The second-order valence-electron chi connectivity index (χ2n) is 3.34. The van der Waals surface area contributed by atoms with Crippen LogP contribution in [0.25, 0.3) is 0 Å². The maximum atomic E-state index is 9.51. The van der Waals surface area contributed by atoms with E-state index < -0.39 is 0 Å². The number of hydrazone groups is 1. The summed E-state index contributed by atoms with van der Waals surface area (Å²) >= 11 is 5.67. The molecule has 7 heteroatoms. The zero-order chi connectivity index (χ0) is 13.0. The molecule has 1 aromatic carbocycles. The van der Waals surface area contributed by atoms with Crippen molar-refractivity contribution in [1.82, 2.24) is 9.97 Å². The van der Waals surface area contributed by atoms with Crippen molar-refractivity contribution in [2.45, 2.75) is 0 Å². The molecular weight excluding hydrogens is 256 g/mol. The maximum absolute atomic E-state index is 9.51. The predicted molar refractivity (Wildman–Crippen MR) is 68.0 cm³/mol. The van der Waals surface area contributed by atoms with E-state index in [1.165, 1.54) is 36.8 Å². The smallest absolute Gasteiger partial charge is 0.151 e. The van der Waals surface area contributed by atoms with Gasteiger partial charge in [-0.05, 0) is 12.1 Å². The minimum atomic E-state index is -0.0683. The molecule has 0 saturated heterocycles. The number of benzene rings is 1. The Kier molecular flexibility index (Phi) is 3.59. The van der Waals surface area contributed by atoms with E-state index in [4.69, 9.17) is 16.7 Å². The number of rotatable bonds is 3. The van der Waals surface area contributed by atoms with Crippen LogP contribution in [-0.4, -0.2) is 26.4 Å². The van der Waals surface area contributed by atoms with Crippen molar-refractivity contribution in [1.29, 1.82) is 0 Å². The highest BCUT2D eigenvalue weighted by atomic mass is 35.5. The van der Waals surface area contributed by atoms with E-state index >= 15 is 0 Å². The number of hydrogen-bond acceptors (Lipinski definition) is 6. The Morgan fingerprint density at radius 3 is 2.78 bits per heavy atom. The molecule has 3 N–H and O–H groups in total. The first kappa shape index (κ1) is 12.1. The molecule has 0 bridgehead atoms. The van der Waals surface area contributed by atoms with Gasteiger partial charge in [-0.15, -0.1) is 0 Å². The molecule has 0 aliphatic rings. The van der Waals surface area contributed by atoms with Crippen LogP contribution in [0.15, 0.2) is 35.7 Å². The van der Waals surface area contributed by atoms with E-state index in [0.29, 0.717) is 16.5 Å². The summed E-state index contributed by atoms with van der Waals surface area (Å²) in [7, 11) is 0. The molecule has 0 fully saturated rings. The second kappa shape index (κ2) is 5.33. The highest BCUT2D eigenvalue weighted by Crippen LogP contribution is 2.20. The van der Waals surface area contributed by atoms with Gasteiger partial charge < -0.3 is 10.2 Å². The van der Waals surface area contributed by atoms with Crippen LogP contribution >= 0.6 is 11.6 Å². The van der Waals surface area contributed by atoms with Crippen molar-refractivity contribution >= 4 is 23.6 Å². The Morgan fingerprint density at radius 2 is 2.06 bits per heavy atom. The summed E-state index contributed by atoms with van der Waals surface area (Å²) in [6.45, 7) is 0. The molecule has 0 aliphatic carbocycles. The lowest BCUT2D eigenvalue weighted by Crippen LogP contribution is -1.94. The number of halogens is 1. The summed E-state index contributed by atoms with van der Waals surface area (Å²) in [5.41, 5.74) is 3.09. The summed E-state index contributed by atoms with van der Waals surface area (Å²) in [5.74, 6) is 0.353. The second-order valence-corrected chi connectivity index (χ2v) is 3.73. The molecule has 0 aliphatic heterocycles. The molecule has 18 heavy (non-hydrogen) atoms. The normalized spacial score (nSPS) is 10.7. The minimum absolute atomic E-state index is 0.0137. The SMILES string of the molecule is Oc1ccc(C=NNc2cc(Cl)ncn2)c(O)c1.